The second-order valence-electron chi connectivity index (χ2n) is 5.56. The summed E-state index contributed by atoms with van der Waals surface area (Å²) in [5.74, 6) is 1.08. The molecule has 2 rings (SSSR count). The van der Waals surface area contributed by atoms with Gasteiger partial charge in [0.15, 0.2) is 0 Å². The van der Waals surface area contributed by atoms with Crippen molar-refractivity contribution in [1.82, 2.24) is 9.97 Å². The molecule has 0 saturated heterocycles. The summed E-state index contributed by atoms with van der Waals surface area (Å²) >= 11 is 0. The molecule has 0 aromatic carbocycles. The molecule has 1 saturated carbocycles. The van der Waals surface area contributed by atoms with E-state index in [9.17, 15) is 4.79 Å². The second-order valence-corrected chi connectivity index (χ2v) is 5.56. The Hall–Kier alpha value is -1.63. The van der Waals surface area contributed by atoms with Gasteiger partial charge in [-0.3, -0.25) is 4.79 Å². The molecule has 0 bridgehead atoms. The maximum Gasteiger partial charge on any atom is 0.268 e. The molecule has 0 spiro atoms. The Kier molecular flexibility index (Phi) is 3.01. The van der Waals surface area contributed by atoms with Crippen molar-refractivity contribution in [3.63, 3.8) is 0 Å². The lowest BCUT2D eigenvalue weighted by Gasteiger charge is -2.33. The first-order valence-electron chi connectivity index (χ1n) is 6.01. The Balaban J connectivity index is 2.17. The van der Waals surface area contributed by atoms with E-state index in [4.69, 9.17) is 5.26 Å². The maximum absolute atomic E-state index is 11.5. The molecule has 4 nitrogen and oxygen atoms in total. The van der Waals surface area contributed by atoms with Gasteiger partial charge < -0.3 is 4.98 Å². The highest BCUT2D eigenvalue weighted by atomic mass is 16.1. The number of hydrogen-bond donors (Lipinski definition) is 1. The number of H-pyrrole nitrogens is 1. The molecular weight excluding hydrogens is 214 g/mol. The van der Waals surface area contributed by atoms with Gasteiger partial charge in [0.25, 0.3) is 5.56 Å². The summed E-state index contributed by atoms with van der Waals surface area (Å²) in [4.78, 5) is 18.5. The smallest absolute Gasteiger partial charge is 0.268 e. The Morgan fingerprint density at radius 1 is 1.47 bits per heavy atom. The Labute approximate surface area is 101 Å². The predicted octanol–water partition coefficient (Wildman–Crippen LogP) is 2.33. The van der Waals surface area contributed by atoms with Gasteiger partial charge >= 0.3 is 0 Å². The minimum absolute atomic E-state index is 0.0879. The molecule has 0 aliphatic heterocycles. The van der Waals surface area contributed by atoms with E-state index in [1.54, 1.807) is 0 Å². The van der Waals surface area contributed by atoms with Crippen LogP contribution < -0.4 is 5.56 Å². The van der Waals surface area contributed by atoms with Crippen molar-refractivity contribution < 1.29 is 0 Å². The molecule has 4 heteroatoms. The number of nitriles is 1. The van der Waals surface area contributed by atoms with Crippen molar-refractivity contribution in [3.05, 3.63) is 27.9 Å². The van der Waals surface area contributed by atoms with E-state index in [1.165, 1.54) is 6.20 Å². The summed E-state index contributed by atoms with van der Waals surface area (Å²) in [6.45, 7) is 4.55. The van der Waals surface area contributed by atoms with Crippen LogP contribution in [0.2, 0.25) is 0 Å². The van der Waals surface area contributed by atoms with E-state index in [1.807, 2.05) is 6.07 Å². The average molecular weight is 231 g/mol. The predicted molar refractivity (Wildman–Crippen MR) is 64.6 cm³/mol. The fraction of sp³-hybridized carbons (Fsp3) is 0.615. The molecule has 0 radical (unpaired) electrons. The van der Waals surface area contributed by atoms with Crippen LogP contribution in [0.3, 0.4) is 0 Å². The Morgan fingerprint density at radius 2 is 2.12 bits per heavy atom. The molecule has 0 amide bonds. The molecule has 1 fully saturated rings. The van der Waals surface area contributed by atoms with Gasteiger partial charge in [0.05, 0.1) is 6.20 Å². The number of aromatic amines is 1. The van der Waals surface area contributed by atoms with E-state index in [2.05, 4.69) is 23.8 Å². The zero-order chi connectivity index (χ0) is 12.5. The Morgan fingerprint density at radius 3 is 2.65 bits per heavy atom. The molecule has 1 aromatic heterocycles. The third-order valence-electron chi connectivity index (χ3n) is 3.67. The van der Waals surface area contributed by atoms with Crippen LogP contribution in [0, 0.1) is 16.7 Å². The van der Waals surface area contributed by atoms with Crippen molar-refractivity contribution in [2.24, 2.45) is 5.41 Å². The van der Waals surface area contributed by atoms with Crippen molar-refractivity contribution in [1.29, 1.82) is 5.26 Å². The second kappa shape index (κ2) is 4.33. The molecule has 17 heavy (non-hydrogen) atoms. The summed E-state index contributed by atoms with van der Waals surface area (Å²) in [6, 6.07) is 1.83. The SMILES string of the molecule is CC1(C)CCC(c2ncc(C#N)c(=O)[nH]2)CC1. The summed E-state index contributed by atoms with van der Waals surface area (Å²) in [6.07, 6.45) is 5.81. The van der Waals surface area contributed by atoms with Crippen LogP contribution in [-0.4, -0.2) is 9.97 Å². The number of nitrogens with one attached hydrogen (secondary N) is 1. The van der Waals surface area contributed by atoms with Gasteiger partial charge in [-0.15, -0.1) is 0 Å². The lowest BCUT2D eigenvalue weighted by atomic mass is 9.73. The van der Waals surface area contributed by atoms with Gasteiger partial charge in [0.2, 0.25) is 0 Å². The van der Waals surface area contributed by atoms with E-state index in [0.29, 0.717) is 11.3 Å². The van der Waals surface area contributed by atoms with E-state index in [-0.39, 0.29) is 11.1 Å². The fourth-order valence-electron chi connectivity index (χ4n) is 2.37. The van der Waals surface area contributed by atoms with Crippen LogP contribution in [0.5, 0.6) is 0 Å². The number of aromatic nitrogens is 2. The van der Waals surface area contributed by atoms with Crippen molar-refractivity contribution in [2.45, 2.75) is 45.4 Å². The van der Waals surface area contributed by atoms with Crippen molar-refractivity contribution in [3.8, 4) is 6.07 Å². The minimum atomic E-state index is -0.317. The topological polar surface area (TPSA) is 69.5 Å². The van der Waals surface area contributed by atoms with Crippen LogP contribution in [0.25, 0.3) is 0 Å². The van der Waals surface area contributed by atoms with Gasteiger partial charge in [0.1, 0.15) is 17.5 Å². The van der Waals surface area contributed by atoms with Crippen LogP contribution in [0.1, 0.15) is 56.8 Å². The standard InChI is InChI=1S/C13H17N3O/c1-13(2)5-3-9(4-6-13)11-15-8-10(7-14)12(17)16-11/h8-9H,3-6H2,1-2H3,(H,15,16,17). The molecule has 0 atom stereocenters. The van der Waals surface area contributed by atoms with Crippen molar-refractivity contribution >= 4 is 0 Å². The first-order chi connectivity index (χ1) is 8.02. The molecule has 90 valence electrons. The Bertz CT molecular complexity index is 500. The van der Waals surface area contributed by atoms with Gasteiger partial charge in [-0.05, 0) is 31.1 Å². The summed E-state index contributed by atoms with van der Waals surface area (Å²) in [5.41, 5.74) is 0.177. The third-order valence-corrected chi connectivity index (χ3v) is 3.67. The molecule has 1 heterocycles. The quantitative estimate of drug-likeness (QED) is 0.806. The molecule has 1 aliphatic carbocycles. The lowest BCUT2D eigenvalue weighted by molar-refractivity contribution is 0.220. The molecule has 1 aromatic rings. The molecule has 1 N–H and O–H groups in total. The van der Waals surface area contributed by atoms with E-state index >= 15 is 0 Å². The van der Waals surface area contributed by atoms with Gasteiger partial charge in [0, 0.05) is 5.92 Å². The molecule has 0 unspecified atom stereocenters. The first-order valence-corrected chi connectivity index (χ1v) is 6.01. The van der Waals surface area contributed by atoms with Crippen LogP contribution in [0.15, 0.2) is 11.0 Å². The largest absolute Gasteiger partial charge is 0.309 e. The van der Waals surface area contributed by atoms with Gasteiger partial charge in [-0.1, -0.05) is 13.8 Å². The normalized spacial score (nSPS) is 19.8. The van der Waals surface area contributed by atoms with E-state index < -0.39 is 0 Å². The molecular formula is C13H17N3O. The first kappa shape index (κ1) is 11.8. The fourth-order valence-corrected chi connectivity index (χ4v) is 2.37. The lowest BCUT2D eigenvalue weighted by Crippen LogP contribution is -2.23. The highest BCUT2D eigenvalue weighted by Gasteiger charge is 2.28. The van der Waals surface area contributed by atoms with Crippen LogP contribution >= 0.6 is 0 Å². The number of nitrogens with zero attached hydrogens (tertiary/aromatic N) is 2. The zero-order valence-electron chi connectivity index (χ0n) is 10.3. The summed E-state index contributed by atoms with van der Waals surface area (Å²) in [7, 11) is 0. The van der Waals surface area contributed by atoms with Gasteiger partial charge in [-0.2, -0.15) is 5.26 Å². The minimum Gasteiger partial charge on any atom is -0.309 e. The van der Waals surface area contributed by atoms with E-state index in [0.717, 1.165) is 31.5 Å². The van der Waals surface area contributed by atoms with Crippen LogP contribution in [0.4, 0.5) is 0 Å². The zero-order valence-corrected chi connectivity index (χ0v) is 10.3. The maximum atomic E-state index is 11.5. The average Bonchev–Trinajstić information content (AvgIpc) is 2.29. The number of hydrogen-bond acceptors (Lipinski definition) is 3. The van der Waals surface area contributed by atoms with Gasteiger partial charge in [-0.25, -0.2) is 4.98 Å². The number of rotatable bonds is 1. The highest BCUT2D eigenvalue weighted by molar-refractivity contribution is 5.22. The van der Waals surface area contributed by atoms with Crippen molar-refractivity contribution in [2.75, 3.05) is 0 Å². The van der Waals surface area contributed by atoms with Crippen LogP contribution in [-0.2, 0) is 0 Å². The summed E-state index contributed by atoms with van der Waals surface area (Å²) in [5, 5.41) is 8.68. The molecule has 1 aliphatic rings. The third kappa shape index (κ3) is 2.55. The monoisotopic (exact) mass is 231 g/mol. The summed E-state index contributed by atoms with van der Waals surface area (Å²) < 4.78 is 0. The highest BCUT2D eigenvalue weighted by Crippen LogP contribution is 2.41.